The summed E-state index contributed by atoms with van der Waals surface area (Å²) in [6.07, 6.45) is 3.86. The first-order chi connectivity index (χ1) is 14.8. The molecule has 1 N–H and O–H groups in total. The monoisotopic (exact) mass is 447 g/mol. The molecule has 0 saturated heterocycles. The van der Waals surface area contributed by atoms with Crippen LogP contribution >= 0.6 is 0 Å². The number of rotatable bonds is 6. The molecule has 6 nitrogen and oxygen atoms in total. The third-order valence-corrected chi connectivity index (χ3v) is 8.37. The van der Waals surface area contributed by atoms with Gasteiger partial charge >= 0.3 is 0 Å². The van der Waals surface area contributed by atoms with Gasteiger partial charge in [-0.1, -0.05) is 18.9 Å². The van der Waals surface area contributed by atoms with E-state index >= 15 is 0 Å². The topological polar surface area (TPSA) is 81.7 Å². The Hall–Kier alpha value is -2.61. The highest BCUT2D eigenvalue weighted by molar-refractivity contribution is 7.92. The van der Waals surface area contributed by atoms with Crippen molar-refractivity contribution in [1.29, 1.82) is 0 Å². The van der Waals surface area contributed by atoms with Crippen LogP contribution in [0.25, 0.3) is 0 Å². The number of amides is 1. The zero-order valence-corrected chi connectivity index (χ0v) is 18.2. The minimum atomic E-state index is -3.91. The maximum Gasteiger partial charge on any atom is 0.238 e. The van der Waals surface area contributed by atoms with Gasteiger partial charge < -0.3 is 14.8 Å². The van der Waals surface area contributed by atoms with Crippen molar-refractivity contribution in [3.05, 3.63) is 53.8 Å². The van der Waals surface area contributed by atoms with Crippen molar-refractivity contribution < 1.29 is 27.1 Å². The Kier molecular flexibility index (Phi) is 5.92. The van der Waals surface area contributed by atoms with Crippen LogP contribution in [-0.2, 0) is 20.0 Å². The SMILES string of the molecule is CC(C(=O)NCC1(c2ccc3c(c2)OCCO3)CCCC1)S(=O)(=O)c1ccc(F)cc1. The molecule has 166 valence electrons. The summed E-state index contributed by atoms with van der Waals surface area (Å²) in [7, 11) is -3.91. The molecule has 1 aliphatic carbocycles. The Balaban J connectivity index is 1.50. The normalized spacial score (nSPS) is 18.4. The minimum absolute atomic E-state index is 0.0704. The number of halogens is 1. The second kappa shape index (κ2) is 8.49. The maximum absolute atomic E-state index is 13.1. The molecule has 1 aliphatic heterocycles. The largest absolute Gasteiger partial charge is 0.486 e. The molecule has 2 aliphatic rings. The number of hydrogen-bond donors (Lipinski definition) is 1. The van der Waals surface area contributed by atoms with Crippen LogP contribution in [0.3, 0.4) is 0 Å². The van der Waals surface area contributed by atoms with Gasteiger partial charge in [0.05, 0.1) is 4.90 Å². The summed E-state index contributed by atoms with van der Waals surface area (Å²) in [5.74, 6) is 0.326. The third-order valence-electron chi connectivity index (χ3n) is 6.29. The highest BCUT2D eigenvalue weighted by atomic mass is 32.2. The molecule has 1 amide bonds. The maximum atomic E-state index is 13.1. The Morgan fingerprint density at radius 2 is 1.71 bits per heavy atom. The molecular formula is C23H26FNO5S. The Morgan fingerprint density at radius 3 is 2.39 bits per heavy atom. The van der Waals surface area contributed by atoms with Gasteiger partial charge in [0.1, 0.15) is 24.3 Å². The average Bonchev–Trinajstić information content (AvgIpc) is 3.27. The number of nitrogens with one attached hydrogen (secondary N) is 1. The van der Waals surface area contributed by atoms with Gasteiger partial charge in [0.2, 0.25) is 5.91 Å². The molecule has 0 spiro atoms. The quantitative estimate of drug-likeness (QED) is 0.687. The van der Waals surface area contributed by atoms with Gasteiger partial charge in [-0.3, -0.25) is 4.79 Å². The van der Waals surface area contributed by atoms with E-state index < -0.39 is 26.8 Å². The second-order valence-electron chi connectivity index (χ2n) is 8.20. The molecule has 0 radical (unpaired) electrons. The number of carbonyl (C=O) groups is 1. The van der Waals surface area contributed by atoms with Crippen LogP contribution in [0.5, 0.6) is 11.5 Å². The number of ether oxygens (including phenoxy) is 2. The number of sulfone groups is 1. The minimum Gasteiger partial charge on any atom is -0.486 e. The summed E-state index contributed by atoms with van der Waals surface area (Å²) in [6, 6.07) is 10.4. The molecule has 1 fully saturated rings. The van der Waals surface area contributed by atoms with Crippen molar-refractivity contribution in [3.8, 4) is 11.5 Å². The van der Waals surface area contributed by atoms with E-state index in [0.717, 1.165) is 43.4 Å². The van der Waals surface area contributed by atoms with Crippen LogP contribution < -0.4 is 14.8 Å². The van der Waals surface area contributed by atoms with Crippen molar-refractivity contribution in [1.82, 2.24) is 5.32 Å². The van der Waals surface area contributed by atoms with Crippen molar-refractivity contribution >= 4 is 15.7 Å². The Morgan fingerprint density at radius 1 is 1.06 bits per heavy atom. The lowest BCUT2D eigenvalue weighted by Gasteiger charge is -2.31. The molecule has 2 aromatic carbocycles. The summed E-state index contributed by atoms with van der Waals surface area (Å²) in [4.78, 5) is 12.7. The predicted molar refractivity (Wildman–Crippen MR) is 114 cm³/mol. The lowest BCUT2D eigenvalue weighted by Crippen LogP contribution is -2.44. The Labute approximate surface area is 181 Å². The van der Waals surface area contributed by atoms with Crippen LogP contribution in [0.2, 0.25) is 0 Å². The van der Waals surface area contributed by atoms with E-state index in [1.807, 2.05) is 18.2 Å². The fraction of sp³-hybridized carbons (Fsp3) is 0.435. The van der Waals surface area contributed by atoms with Crippen LogP contribution in [0, 0.1) is 5.82 Å². The van der Waals surface area contributed by atoms with Gasteiger partial charge in [0.25, 0.3) is 0 Å². The van der Waals surface area contributed by atoms with Gasteiger partial charge in [-0.05, 0) is 61.7 Å². The van der Waals surface area contributed by atoms with E-state index in [2.05, 4.69) is 5.32 Å². The van der Waals surface area contributed by atoms with Crippen molar-refractivity contribution in [2.24, 2.45) is 0 Å². The fourth-order valence-electron chi connectivity index (χ4n) is 4.36. The lowest BCUT2D eigenvalue weighted by atomic mass is 9.78. The highest BCUT2D eigenvalue weighted by Crippen LogP contribution is 2.43. The van der Waals surface area contributed by atoms with E-state index in [9.17, 15) is 17.6 Å². The molecule has 1 saturated carbocycles. The van der Waals surface area contributed by atoms with Crippen molar-refractivity contribution in [2.75, 3.05) is 19.8 Å². The van der Waals surface area contributed by atoms with Gasteiger partial charge in [-0.15, -0.1) is 0 Å². The standard InChI is InChI=1S/C23H26FNO5S/c1-16(31(27,28)19-7-5-18(24)6-8-19)22(26)25-15-23(10-2-3-11-23)17-4-9-20-21(14-17)30-13-12-29-20/h4-9,14,16H,2-3,10-13,15H2,1H3,(H,25,26). The molecule has 0 bridgehead atoms. The highest BCUT2D eigenvalue weighted by Gasteiger charge is 2.38. The molecule has 8 heteroatoms. The molecule has 2 aromatic rings. The van der Waals surface area contributed by atoms with Crippen molar-refractivity contribution in [2.45, 2.75) is 48.2 Å². The van der Waals surface area contributed by atoms with Gasteiger partial charge in [-0.2, -0.15) is 0 Å². The van der Waals surface area contributed by atoms with E-state index in [4.69, 9.17) is 9.47 Å². The predicted octanol–water partition coefficient (Wildman–Crippen LogP) is 3.39. The Bertz CT molecular complexity index is 1060. The van der Waals surface area contributed by atoms with E-state index in [0.29, 0.717) is 31.3 Å². The zero-order valence-electron chi connectivity index (χ0n) is 17.4. The molecule has 31 heavy (non-hydrogen) atoms. The first kappa shape index (κ1) is 21.6. The van der Waals surface area contributed by atoms with Crippen LogP contribution in [0.4, 0.5) is 4.39 Å². The van der Waals surface area contributed by atoms with E-state index in [1.54, 1.807) is 0 Å². The fourth-order valence-corrected chi connectivity index (χ4v) is 5.65. The summed E-state index contributed by atoms with van der Waals surface area (Å²) < 4.78 is 50.0. The summed E-state index contributed by atoms with van der Waals surface area (Å²) >= 11 is 0. The zero-order chi connectivity index (χ0) is 22.1. The van der Waals surface area contributed by atoms with Crippen molar-refractivity contribution in [3.63, 3.8) is 0 Å². The first-order valence-electron chi connectivity index (χ1n) is 10.5. The second-order valence-corrected chi connectivity index (χ2v) is 10.5. The summed E-state index contributed by atoms with van der Waals surface area (Å²) in [5, 5.41) is 1.59. The van der Waals surface area contributed by atoms with Gasteiger partial charge in [0.15, 0.2) is 21.3 Å². The van der Waals surface area contributed by atoms with Crippen LogP contribution in [0.15, 0.2) is 47.4 Å². The van der Waals surface area contributed by atoms with Crippen LogP contribution in [-0.4, -0.2) is 39.3 Å². The summed E-state index contributed by atoms with van der Waals surface area (Å²) in [5.41, 5.74) is 0.786. The number of carbonyl (C=O) groups excluding carboxylic acids is 1. The average molecular weight is 448 g/mol. The van der Waals surface area contributed by atoms with E-state index in [-0.39, 0.29) is 10.3 Å². The first-order valence-corrected chi connectivity index (χ1v) is 12.0. The smallest absolute Gasteiger partial charge is 0.238 e. The number of hydrogen-bond acceptors (Lipinski definition) is 5. The molecule has 0 aromatic heterocycles. The van der Waals surface area contributed by atoms with Gasteiger partial charge in [-0.25, -0.2) is 12.8 Å². The molecule has 4 rings (SSSR count). The number of fused-ring (bicyclic) bond motifs is 1. The van der Waals surface area contributed by atoms with E-state index in [1.165, 1.54) is 19.1 Å². The molecule has 1 atom stereocenters. The molecule has 1 unspecified atom stereocenters. The van der Waals surface area contributed by atoms with Gasteiger partial charge in [0, 0.05) is 12.0 Å². The summed E-state index contributed by atoms with van der Waals surface area (Å²) in [6.45, 7) is 2.72. The number of benzene rings is 2. The molecular weight excluding hydrogens is 421 g/mol. The third kappa shape index (κ3) is 4.26. The molecule has 1 heterocycles. The van der Waals surface area contributed by atoms with Crippen LogP contribution in [0.1, 0.15) is 38.2 Å². The lowest BCUT2D eigenvalue weighted by molar-refractivity contribution is -0.120.